The third-order valence-electron chi connectivity index (χ3n) is 3.03. The molecule has 1 aliphatic rings. The van der Waals surface area contributed by atoms with Crippen molar-refractivity contribution in [3.8, 4) is 0 Å². The fourth-order valence-corrected chi connectivity index (χ4v) is 1.97. The van der Waals surface area contributed by atoms with Crippen LogP contribution in [0.4, 0.5) is 4.39 Å². The van der Waals surface area contributed by atoms with E-state index >= 15 is 0 Å². The lowest BCUT2D eigenvalue weighted by Gasteiger charge is -2.41. The molecule has 0 spiro atoms. The van der Waals surface area contributed by atoms with Crippen molar-refractivity contribution in [3.63, 3.8) is 0 Å². The van der Waals surface area contributed by atoms with Gasteiger partial charge in [0, 0.05) is 23.7 Å². The smallest absolute Gasteiger partial charge is 0.216 e. The fourth-order valence-electron chi connectivity index (χ4n) is 1.97. The molecular formula is C10H13FN2. The van der Waals surface area contributed by atoms with Crippen molar-refractivity contribution in [1.82, 2.24) is 4.98 Å². The van der Waals surface area contributed by atoms with Gasteiger partial charge >= 0.3 is 0 Å². The van der Waals surface area contributed by atoms with Crippen LogP contribution in [0.1, 0.15) is 24.8 Å². The average molecular weight is 180 g/mol. The topological polar surface area (TPSA) is 38.9 Å². The van der Waals surface area contributed by atoms with E-state index in [1.165, 1.54) is 6.20 Å². The van der Waals surface area contributed by atoms with Crippen LogP contribution in [0, 0.1) is 5.95 Å². The maximum atomic E-state index is 13.3. The Bertz CT molecular complexity index is 302. The molecule has 1 saturated carbocycles. The highest BCUT2D eigenvalue weighted by Gasteiger charge is 2.39. The zero-order valence-electron chi connectivity index (χ0n) is 7.46. The van der Waals surface area contributed by atoms with Gasteiger partial charge in [-0.25, -0.2) is 4.98 Å². The quantitative estimate of drug-likeness (QED) is 0.702. The Kier molecular flexibility index (Phi) is 2.04. The SMILES string of the molecule is NCC1(c2cccnc2F)CCC1. The summed E-state index contributed by atoms with van der Waals surface area (Å²) in [5, 5.41) is 0. The number of aromatic nitrogens is 1. The molecule has 1 aromatic rings. The molecule has 13 heavy (non-hydrogen) atoms. The zero-order valence-corrected chi connectivity index (χ0v) is 7.46. The van der Waals surface area contributed by atoms with Gasteiger partial charge in [-0.1, -0.05) is 12.5 Å². The Hall–Kier alpha value is -0.960. The molecule has 0 aromatic carbocycles. The van der Waals surface area contributed by atoms with Crippen LogP contribution >= 0.6 is 0 Å². The lowest BCUT2D eigenvalue weighted by atomic mass is 9.65. The molecule has 2 N–H and O–H groups in total. The number of nitrogens with two attached hydrogens (primary N) is 1. The van der Waals surface area contributed by atoms with Crippen LogP contribution in [0.5, 0.6) is 0 Å². The molecule has 3 heteroatoms. The first-order chi connectivity index (χ1) is 6.28. The Balaban J connectivity index is 2.38. The molecular weight excluding hydrogens is 167 g/mol. The van der Waals surface area contributed by atoms with Crippen molar-refractivity contribution < 1.29 is 4.39 Å². The molecule has 1 fully saturated rings. The van der Waals surface area contributed by atoms with E-state index in [0.29, 0.717) is 12.1 Å². The maximum Gasteiger partial charge on any atom is 0.216 e. The van der Waals surface area contributed by atoms with Crippen LogP contribution in [0.2, 0.25) is 0 Å². The van der Waals surface area contributed by atoms with Gasteiger partial charge in [-0.05, 0) is 18.9 Å². The van der Waals surface area contributed by atoms with Crippen LogP contribution in [-0.2, 0) is 5.41 Å². The van der Waals surface area contributed by atoms with Crippen LogP contribution in [0.3, 0.4) is 0 Å². The minimum absolute atomic E-state index is 0.113. The van der Waals surface area contributed by atoms with Gasteiger partial charge in [0.25, 0.3) is 0 Å². The molecule has 0 saturated heterocycles. The van der Waals surface area contributed by atoms with E-state index in [9.17, 15) is 4.39 Å². The summed E-state index contributed by atoms with van der Waals surface area (Å²) in [6, 6.07) is 3.57. The molecule has 0 bridgehead atoms. The van der Waals surface area contributed by atoms with Crippen LogP contribution in [0.25, 0.3) is 0 Å². The van der Waals surface area contributed by atoms with Crippen molar-refractivity contribution in [2.75, 3.05) is 6.54 Å². The zero-order chi connectivity index (χ0) is 9.31. The van der Waals surface area contributed by atoms with Gasteiger partial charge in [0.05, 0.1) is 0 Å². The first-order valence-electron chi connectivity index (χ1n) is 4.60. The highest BCUT2D eigenvalue weighted by Crippen LogP contribution is 2.43. The van der Waals surface area contributed by atoms with Gasteiger partial charge in [0.15, 0.2) is 0 Å². The second-order valence-corrected chi connectivity index (χ2v) is 3.68. The van der Waals surface area contributed by atoms with Gasteiger partial charge in [-0.3, -0.25) is 0 Å². The standard InChI is InChI=1S/C10H13FN2/c11-9-8(3-1-6-13-9)10(7-12)4-2-5-10/h1,3,6H,2,4-5,7,12H2. The fraction of sp³-hybridized carbons (Fsp3) is 0.500. The van der Waals surface area contributed by atoms with Crippen LogP contribution in [0.15, 0.2) is 18.3 Å². The lowest BCUT2D eigenvalue weighted by Crippen LogP contribution is -2.42. The van der Waals surface area contributed by atoms with Crippen LogP contribution in [-0.4, -0.2) is 11.5 Å². The van der Waals surface area contributed by atoms with Crippen molar-refractivity contribution >= 4 is 0 Å². The molecule has 0 amide bonds. The molecule has 0 atom stereocenters. The minimum Gasteiger partial charge on any atom is -0.330 e. The molecule has 1 aromatic heterocycles. The Morgan fingerprint density at radius 1 is 1.54 bits per heavy atom. The van der Waals surface area contributed by atoms with E-state index in [1.54, 1.807) is 12.1 Å². The molecule has 70 valence electrons. The summed E-state index contributed by atoms with van der Waals surface area (Å²) in [6.07, 6.45) is 4.60. The monoisotopic (exact) mass is 180 g/mol. The lowest BCUT2D eigenvalue weighted by molar-refractivity contribution is 0.242. The number of rotatable bonds is 2. The highest BCUT2D eigenvalue weighted by atomic mass is 19.1. The van der Waals surface area contributed by atoms with E-state index in [0.717, 1.165) is 19.3 Å². The number of nitrogens with zero attached hydrogens (tertiary/aromatic N) is 1. The van der Waals surface area contributed by atoms with Gasteiger partial charge in [0.2, 0.25) is 5.95 Å². The predicted molar refractivity (Wildman–Crippen MR) is 48.8 cm³/mol. The number of hydrogen-bond acceptors (Lipinski definition) is 2. The largest absolute Gasteiger partial charge is 0.330 e. The van der Waals surface area contributed by atoms with Gasteiger partial charge in [-0.2, -0.15) is 4.39 Å². The Morgan fingerprint density at radius 3 is 2.77 bits per heavy atom. The van der Waals surface area contributed by atoms with Gasteiger partial charge in [-0.15, -0.1) is 0 Å². The summed E-state index contributed by atoms with van der Waals surface area (Å²) < 4.78 is 13.3. The van der Waals surface area contributed by atoms with E-state index in [1.807, 2.05) is 0 Å². The average Bonchev–Trinajstić information content (AvgIpc) is 2.07. The van der Waals surface area contributed by atoms with Crippen molar-refractivity contribution in [3.05, 3.63) is 29.8 Å². The Labute approximate surface area is 77.0 Å². The molecule has 0 aliphatic heterocycles. The highest BCUT2D eigenvalue weighted by molar-refractivity contribution is 5.26. The molecule has 1 heterocycles. The first-order valence-corrected chi connectivity index (χ1v) is 4.60. The van der Waals surface area contributed by atoms with E-state index in [4.69, 9.17) is 5.73 Å². The third-order valence-corrected chi connectivity index (χ3v) is 3.03. The van der Waals surface area contributed by atoms with Gasteiger partial charge < -0.3 is 5.73 Å². The first kappa shape index (κ1) is 8.63. The van der Waals surface area contributed by atoms with E-state index in [2.05, 4.69) is 4.98 Å². The summed E-state index contributed by atoms with van der Waals surface area (Å²) in [4.78, 5) is 3.65. The normalized spacial score (nSPS) is 19.5. The summed E-state index contributed by atoms with van der Waals surface area (Å²) >= 11 is 0. The minimum atomic E-state index is -0.354. The third kappa shape index (κ3) is 1.23. The summed E-state index contributed by atoms with van der Waals surface area (Å²) in [6.45, 7) is 0.523. The Morgan fingerprint density at radius 2 is 2.31 bits per heavy atom. The second-order valence-electron chi connectivity index (χ2n) is 3.68. The molecule has 1 aliphatic carbocycles. The maximum absolute atomic E-state index is 13.3. The molecule has 2 nitrogen and oxygen atoms in total. The predicted octanol–water partition coefficient (Wildman–Crippen LogP) is 1.60. The number of hydrogen-bond donors (Lipinski definition) is 1. The molecule has 2 rings (SSSR count). The number of halogens is 1. The van der Waals surface area contributed by atoms with Crippen molar-refractivity contribution in [2.45, 2.75) is 24.7 Å². The second kappa shape index (κ2) is 3.07. The van der Waals surface area contributed by atoms with Crippen molar-refractivity contribution in [1.29, 1.82) is 0 Å². The van der Waals surface area contributed by atoms with E-state index < -0.39 is 0 Å². The molecule has 0 radical (unpaired) electrons. The van der Waals surface area contributed by atoms with E-state index in [-0.39, 0.29) is 11.4 Å². The summed E-state index contributed by atoms with van der Waals surface area (Å²) in [5.74, 6) is -0.354. The molecule has 0 unspecified atom stereocenters. The van der Waals surface area contributed by atoms with Crippen LogP contribution < -0.4 is 5.73 Å². The summed E-state index contributed by atoms with van der Waals surface area (Å²) in [5.41, 5.74) is 6.26. The summed E-state index contributed by atoms with van der Waals surface area (Å²) in [7, 11) is 0. The number of pyridine rings is 1. The van der Waals surface area contributed by atoms with Crippen molar-refractivity contribution in [2.24, 2.45) is 5.73 Å². The van der Waals surface area contributed by atoms with Gasteiger partial charge in [0.1, 0.15) is 0 Å².